The Hall–Kier alpha value is -2.82. The first-order valence-corrected chi connectivity index (χ1v) is 11.6. The summed E-state index contributed by atoms with van der Waals surface area (Å²) in [4.78, 5) is 22.5. The van der Waals surface area contributed by atoms with Gasteiger partial charge in [-0.05, 0) is 57.9 Å². The largest absolute Gasteiger partial charge is 0.444 e. The number of hydroxylamine groups is 1. The summed E-state index contributed by atoms with van der Waals surface area (Å²) < 4.78 is 13.0. The molecule has 0 bridgehead atoms. The summed E-state index contributed by atoms with van der Waals surface area (Å²) in [5.74, 6) is 0.525. The van der Waals surface area contributed by atoms with Crippen LogP contribution in [0.1, 0.15) is 39.2 Å². The van der Waals surface area contributed by atoms with E-state index >= 15 is 0 Å². The first-order chi connectivity index (χ1) is 15.7. The predicted octanol–water partition coefficient (Wildman–Crippen LogP) is 4.78. The van der Waals surface area contributed by atoms with Crippen LogP contribution in [0.3, 0.4) is 0 Å². The quantitative estimate of drug-likeness (QED) is 0.320. The fourth-order valence-electron chi connectivity index (χ4n) is 3.15. The van der Waals surface area contributed by atoms with Gasteiger partial charge in [0.2, 0.25) is 5.95 Å². The lowest BCUT2D eigenvalue weighted by Crippen LogP contribution is -2.49. The summed E-state index contributed by atoms with van der Waals surface area (Å²) in [7, 11) is 1.92. The average molecular weight is 473 g/mol. The number of benzene rings is 1. The first-order valence-electron chi connectivity index (χ1n) is 10.9. The molecule has 1 fully saturated rings. The van der Waals surface area contributed by atoms with E-state index in [4.69, 9.17) is 9.02 Å². The van der Waals surface area contributed by atoms with Crippen molar-refractivity contribution in [3.63, 3.8) is 0 Å². The number of carbonyl (C=O) groups is 1. The fraction of sp³-hybridized carbons (Fsp3) is 0.435. The summed E-state index contributed by atoms with van der Waals surface area (Å²) in [6, 6.07) is 7.89. The summed E-state index contributed by atoms with van der Waals surface area (Å²) in [6.07, 6.45) is 6.67. The van der Waals surface area contributed by atoms with Crippen LogP contribution in [-0.4, -0.2) is 52.7 Å². The summed E-state index contributed by atoms with van der Waals surface area (Å²) in [5.41, 5.74) is 5.28. The average Bonchev–Trinajstić information content (AvgIpc) is 2.79. The highest BCUT2D eigenvalue weighted by atomic mass is 32.2. The zero-order chi connectivity index (χ0) is 23.8. The predicted molar refractivity (Wildman–Crippen MR) is 133 cm³/mol. The highest BCUT2D eigenvalue weighted by molar-refractivity contribution is 7.96. The maximum absolute atomic E-state index is 12.3. The second kappa shape index (κ2) is 11.4. The van der Waals surface area contributed by atoms with Gasteiger partial charge < -0.3 is 15.0 Å². The van der Waals surface area contributed by atoms with Crippen LogP contribution < -0.4 is 15.1 Å². The van der Waals surface area contributed by atoms with Crippen LogP contribution in [-0.2, 0) is 9.02 Å². The van der Waals surface area contributed by atoms with Crippen molar-refractivity contribution in [1.82, 2.24) is 20.3 Å². The number of nitrogens with one attached hydrogen (secondary N) is 2. The molecule has 1 aromatic heterocycles. The van der Waals surface area contributed by atoms with Gasteiger partial charge in [0.1, 0.15) is 17.8 Å². The molecule has 1 aliphatic rings. The minimum absolute atomic E-state index is 0.0474. The number of rotatable bonds is 8. The summed E-state index contributed by atoms with van der Waals surface area (Å²) >= 11 is 1.19. The normalized spacial score (nSPS) is 16.2. The zero-order valence-corrected chi connectivity index (χ0v) is 20.4. The van der Waals surface area contributed by atoms with E-state index in [0.29, 0.717) is 19.0 Å². The van der Waals surface area contributed by atoms with Crippen molar-refractivity contribution >= 4 is 41.7 Å². The lowest BCUT2D eigenvalue weighted by atomic mass is 10.1. The van der Waals surface area contributed by atoms with Gasteiger partial charge in [-0.15, -0.1) is 0 Å². The van der Waals surface area contributed by atoms with E-state index in [9.17, 15) is 4.79 Å². The van der Waals surface area contributed by atoms with Crippen LogP contribution in [0.5, 0.6) is 0 Å². The third-order valence-electron chi connectivity index (χ3n) is 4.83. The minimum atomic E-state index is -0.499. The van der Waals surface area contributed by atoms with Gasteiger partial charge in [0.15, 0.2) is 0 Å². The van der Waals surface area contributed by atoms with Crippen molar-refractivity contribution in [3.8, 4) is 0 Å². The van der Waals surface area contributed by atoms with Crippen molar-refractivity contribution in [2.75, 3.05) is 29.8 Å². The van der Waals surface area contributed by atoms with Gasteiger partial charge in [0.25, 0.3) is 0 Å². The SMILES string of the molecule is C=Cc1cnc(Nc2ccc(N(C)SONC3CCCN(C(=O)OC(C)(C)C)C3)cc2)nc1. The number of ether oxygens (including phenoxy) is 1. The fourth-order valence-corrected chi connectivity index (χ4v) is 3.64. The first kappa shape index (κ1) is 24.8. The molecular formula is C23H32N6O3S. The van der Waals surface area contributed by atoms with Crippen LogP contribution in [0.2, 0.25) is 0 Å². The van der Waals surface area contributed by atoms with Gasteiger partial charge in [0, 0.05) is 49.5 Å². The molecule has 2 heterocycles. The highest BCUT2D eigenvalue weighted by Crippen LogP contribution is 2.24. The van der Waals surface area contributed by atoms with Gasteiger partial charge in [-0.2, -0.15) is 5.48 Å². The number of nitrogens with zero attached hydrogens (tertiary/aromatic N) is 4. The van der Waals surface area contributed by atoms with Crippen LogP contribution in [0.25, 0.3) is 6.08 Å². The molecule has 1 aliphatic heterocycles. The Kier molecular flexibility index (Phi) is 8.54. The Morgan fingerprint density at radius 2 is 1.97 bits per heavy atom. The molecule has 0 saturated carbocycles. The number of piperidine rings is 1. The molecule has 0 radical (unpaired) electrons. The zero-order valence-electron chi connectivity index (χ0n) is 19.6. The van der Waals surface area contributed by atoms with Crippen LogP contribution in [0.4, 0.5) is 22.1 Å². The molecule has 33 heavy (non-hydrogen) atoms. The molecule has 2 N–H and O–H groups in total. The number of aromatic nitrogens is 2. The lowest BCUT2D eigenvalue weighted by molar-refractivity contribution is 0.0140. The van der Waals surface area contributed by atoms with Crippen molar-refractivity contribution in [1.29, 1.82) is 0 Å². The standard InChI is InChI=1S/C23H32N6O3S/c1-6-17-14-24-21(25-15-17)26-18-9-11-20(12-10-18)28(5)33-32-27-19-8-7-13-29(16-19)22(30)31-23(2,3)4/h6,9-12,14-15,19,27H,1,7-8,13,16H2,2-5H3,(H,24,25,26). The molecule has 10 heteroatoms. The third-order valence-corrected chi connectivity index (χ3v) is 5.44. The van der Waals surface area contributed by atoms with Crippen molar-refractivity contribution in [2.24, 2.45) is 0 Å². The van der Waals surface area contributed by atoms with Gasteiger partial charge in [-0.3, -0.25) is 4.31 Å². The Bertz CT molecular complexity index is 917. The van der Waals surface area contributed by atoms with Crippen LogP contribution in [0, 0.1) is 0 Å². The molecule has 2 aromatic rings. The molecular weight excluding hydrogens is 440 g/mol. The van der Waals surface area contributed by atoms with E-state index in [0.717, 1.165) is 29.8 Å². The van der Waals surface area contributed by atoms with Gasteiger partial charge in [-0.1, -0.05) is 12.7 Å². The molecule has 1 amide bonds. The van der Waals surface area contributed by atoms with E-state index < -0.39 is 5.60 Å². The Morgan fingerprint density at radius 3 is 2.61 bits per heavy atom. The van der Waals surface area contributed by atoms with E-state index in [-0.39, 0.29) is 12.1 Å². The van der Waals surface area contributed by atoms with Gasteiger partial charge in [0.05, 0.1) is 6.04 Å². The van der Waals surface area contributed by atoms with Gasteiger partial charge >= 0.3 is 6.09 Å². The molecule has 9 nitrogen and oxygen atoms in total. The molecule has 0 spiro atoms. The highest BCUT2D eigenvalue weighted by Gasteiger charge is 2.27. The monoisotopic (exact) mass is 472 g/mol. The smallest absolute Gasteiger partial charge is 0.410 e. The number of hydrogen-bond acceptors (Lipinski definition) is 9. The minimum Gasteiger partial charge on any atom is -0.444 e. The number of amides is 1. The van der Waals surface area contributed by atoms with Gasteiger partial charge in [-0.25, -0.2) is 19.0 Å². The third kappa shape index (κ3) is 7.92. The van der Waals surface area contributed by atoms with Crippen molar-refractivity contribution in [2.45, 2.75) is 45.3 Å². The molecule has 1 aromatic carbocycles. The van der Waals surface area contributed by atoms with Crippen molar-refractivity contribution < 1.29 is 13.8 Å². The Morgan fingerprint density at radius 1 is 1.27 bits per heavy atom. The molecule has 1 unspecified atom stereocenters. The Balaban J connectivity index is 1.43. The van der Waals surface area contributed by atoms with E-state index in [1.54, 1.807) is 23.4 Å². The van der Waals surface area contributed by atoms with Crippen LogP contribution in [0.15, 0.2) is 43.2 Å². The maximum atomic E-state index is 12.3. The molecule has 0 aliphatic carbocycles. The Labute approximate surface area is 199 Å². The van der Waals surface area contributed by atoms with E-state index in [2.05, 4.69) is 27.3 Å². The maximum Gasteiger partial charge on any atom is 0.410 e. The van der Waals surface area contributed by atoms with Crippen molar-refractivity contribution in [3.05, 3.63) is 48.8 Å². The molecule has 1 atom stereocenters. The second-order valence-corrected chi connectivity index (χ2v) is 9.62. The second-order valence-electron chi connectivity index (χ2n) is 8.75. The summed E-state index contributed by atoms with van der Waals surface area (Å²) in [6.45, 7) is 10.6. The van der Waals surface area contributed by atoms with Crippen LogP contribution >= 0.6 is 12.2 Å². The number of likely N-dealkylation sites (tertiary alicyclic amines) is 1. The summed E-state index contributed by atoms with van der Waals surface area (Å²) in [5, 5.41) is 3.17. The number of carbonyl (C=O) groups excluding carboxylic acids is 1. The molecule has 178 valence electrons. The molecule has 1 saturated heterocycles. The number of anilines is 3. The topological polar surface area (TPSA) is 91.9 Å². The lowest BCUT2D eigenvalue weighted by Gasteiger charge is -2.34. The van der Waals surface area contributed by atoms with E-state index in [1.807, 2.05) is 56.4 Å². The number of hydrogen-bond donors (Lipinski definition) is 2. The van der Waals surface area contributed by atoms with E-state index in [1.165, 1.54) is 12.2 Å². The molecule has 3 rings (SSSR count).